The summed E-state index contributed by atoms with van der Waals surface area (Å²) in [5, 5.41) is 20.1. The zero-order chi connectivity index (χ0) is 23.7. The molecular formula is C24H31ClN4O4. The molecule has 0 spiro atoms. The number of amides is 1. The molecule has 2 heterocycles. The van der Waals surface area contributed by atoms with E-state index in [2.05, 4.69) is 9.97 Å². The number of carbonyl (C=O) groups is 2. The van der Waals surface area contributed by atoms with Crippen molar-refractivity contribution in [3.63, 3.8) is 0 Å². The van der Waals surface area contributed by atoms with Crippen molar-refractivity contribution < 1.29 is 19.9 Å². The van der Waals surface area contributed by atoms with Gasteiger partial charge >= 0.3 is 0 Å². The lowest BCUT2D eigenvalue weighted by Crippen LogP contribution is -2.43. The Morgan fingerprint density at radius 3 is 2.15 bits per heavy atom. The molecule has 3 N–H and O–H groups in total. The highest BCUT2D eigenvalue weighted by molar-refractivity contribution is 6.30. The van der Waals surface area contributed by atoms with Crippen molar-refractivity contribution in [2.75, 3.05) is 18.0 Å². The minimum atomic E-state index is -0.887. The quantitative estimate of drug-likeness (QED) is 0.195. The van der Waals surface area contributed by atoms with E-state index in [1.54, 1.807) is 30.0 Å². The summed E-state index contributed by atoms with van der Waals surface area (Å²) in [6.45, 7) is 1.23. The summed E-state index contributed by atoms with van der Waals surface area (Å²) >= 11 is 5.95. The van der Waals surface area contributed by atoms with E-state index in [0.717, 1.165) is 37.7 Å². The predicted molar refractivity (Wildman–Crippen MR) is 125 cm³/mol. The van der Waals surface area contributed by atoms with E-state index in [-0.39, 0.29) is 11.7 Å². The van der Waals surface area contributed by atoms with Gasteiger partial charge in [-0.15, -0.1) is 0 Å². The number of benzene rings is 1. The van der Waals surface area contributed by atoms with Crippen LogP contribution >= 0.6 is 11.6 Å². The fraction of sp³-hybridized carbons (Fsp3) is 0.500. The van der Waals surface area contributed by atoms with Gasteiger partial charge in [0.2, 0.25) is 11.9 Å². The van der Waals surface area contributed by atoms with Gasteiger partial charge in [0, 0.05) is 43.3 Å². The zero-order valence-corrected chi connectivity index (χ0v) is 19.4. The number of hydrogen-bond donors (Lipinski definition) is 3. The average molecular weight is 475 g/mol. The van der Waals surface area contributed by atoms with Gasteiger partial charge in [-0.2, -0.15) is 0 Å². The van der Waals surface area contributed by atoms with Crippen LogP contribution in [-0.4, -0.2) is 45.1 Å². The highest BCUT2D eigenvalue weighted by atomic mass is 35.5. The number of halogens is 1. The van der Waals surface area contributed by atoms with Crippen molar-refractivity contribution in [3.8, 4) is 0 Å². The van der Waals surface area contributed by atoms with E-state index < -0.39 is 5.60 Å². The SMILES string of the molecule is O=C(CCCCCCCC(=O)c1cnc(N2CCC(O)(c3ccc(Cl)cc3)CC2)nc1)NO. The van der Waals surface area contributed by atoms with Crippen molar-refractivity contribution in [3.05, 3.63) is 52.8 Å². The maximum Gasteiger partial charge on any atom is 0.243 e. The molecule has 0 atom stereocenters. The molecule has 1 saturated heterocycles. The Bertz CT molecular complexity index is 913. The van der Waals surface area contributed by atoms with Gasteiger partial charge in [-0.25, -0.2) is 15.4 Å². The standard InChI is InChI=1S/C24H31ClN4O4/c25-20-10-8-19(9-11-20)24(32)12-14-29(15-13-24)23-26-16-18(17-27-23)21(30)6-4-2-1-3-5-7-22(31)28-33/h8-11,16-17,32-33H,1-7,12-15H2,(H,28,31). The van der Waals surface area contributed by atoms with Crippen LogP contribution in [0.15, 0.2) is 36.7 Å². The number of rotatable bonds is 11. The molecule has 0 saturated carbocycles. The number of Topliss-reactive ketones (excluding diaryl/α,β-unsaturated/α-hetero) is 1. The smallest absolute Gasteiger partial charge is 0.243 e. The molecule has 1 aliphatic heterocycles. The van der Waals surface area contributed by atoms with Gasteiger partial charge in [0.05, 0.1) is 11.2 Å². The summed E-state index contributed by atoms with van der Waals surface area (Å²) in [6.07, 6.45) is 9.29. The number of anilines is 1. The molecule has 0 bridgehead atoms. The van der Waals surface area contributed by atoms with Crippen molar-refractivity contribution in [2.24, 2.45) is 0 Å². The van der Waals surface area contributed by atoms with E-state index in [4.69, 9.17) is 16.8 Å². The second kappa shape index (κ2) is 12.1. The highest BCUT2D eigenvalue weighted by Crippen LogP contribution is 2.34. The molecule has 9 heteroatoms. The molecule has 8 nitrogen and oxygen atoms in total. The summed E-state index contributed by atoms with van der Waals surface area (Å²) in [7, 11) is 0. The van der Waals surface area contributed by atoms with Gasteiger partial charge in [0.1, 0.15) is 0 Å². The highest BCUT2D eigenvalue weighted by Gasteiger charge is 2.34. The third kappa shape index (κ3) is 7.22. The van der Waals surface area contributed by atoms with Crippen molar-refractivity contribution in [1.82, 2.24) is 15.4 Å². The fourth-order valence-electron chi connectivity index (χ4n) is 4.06. The first-order valence-electron chi connectivity index (χ1n) is 11.4. The normalized spacial score (nSPS) is 15.3. The number of aliphatic hydroxyl groups is 1. The molecule has 1 amide bonds. The number of nitrogens with one attached hydrogen (secondary N) is 1. The molecule has 178 valence electrons. The number of carbonyl (C=O) groups excluding carboxylic acids is 2. The van der Waals surface area contributed by atoms with Crippen molar-refractivity contribution in [1.29, 1.82) is 0 Å². The molecular weight excluding hydrogens is 444 g/mol. The van der Waals surface area contributed by atoms with Crippen LogP contribution in [-0.2, 0) is 10.4 Å². The molecule has 0 aliphatic carbocycles. The number of hydrogen-bond acceptors (Lipinski definition) is 7. The van der Waals surface area contributed by atoms with Gasteiger partial charge in [-0.3, -0.25) is 14.8 Å². The molecule has 1 aliphatic rings. The van der Waals surface area contributed by atoms with E-state index in [0.29, 0.717) is 55.3 Å². The first-order chi connectivity index (χ1) is 15.9. The first kappa shape index (κ1) is 25.1. The van der Waals surface area contributed by atoms with E-state index in [1.165, 1.54) is 0 Å². The minimum absolute atomic E-state index is 0.0250. The fourth-order valence-corrected chi connectivity index (χ4v) is 4.18. The minimum Gasteiger partial charge on any atom is -0.385 e. The van der Waals surface area contributed by atoms with Crippen LogP contribution in [0.1, 0.15) is 73.7 Å². The van der Waals surface area contributed by atoms with Gasteiger partial charge in [-0.05, 0) is 43.4 Å². The number of piperidine rings is 1. The Morgan fingerprint density at radius 1 is 0.970 bits per heavy atom. The Kier molecular flexibility index (Phi) is 9.17. The van der Waals surface area contributed by atoms with Crippen LogP contribution < -0.4 is 10.4 Å². The summed E-state index contributed by atoms with van der Waals surface area (Å²) in [4.78, 5) is 34.1. The summed E-state index contributed by atoms with van der Waals surface area (Å²) in [5.74, 6) is 0.226. The lowest BCUT2D eigenvalue weighted by Gasteiger charge is -2.38. The topological polar surface area (TPSA) is 116 Å². The molecule has 1 fully saturated rings. The number of ketones is 1. The second-order valence-corrected chi connectivity index (χ2v) is 8.96. The van der Waals surface area contributed by atoms with Gasteiger partial charge < -0.3 is 10.0 Å². The summed E-state index contributed by atoms with van der Waals surface area (Å²) in [5.41, 5.74) is 2.11. The number of nitrogens with zero attached hydrogens (tertiary/aromatic N) is 3. The Labute approximate surface area is 199 Å². The van der Waals surface area contributed by atoms with Crippen LogP contribution in [0.3, 0.4) is 0 Å². The van der Waals surface area contributed by atoms with E-state index in [9.17, 15) is 14.7 Å². The average Bonchev–Trinajstić information content (AvgIpc) is 2.84. The number of hydroxylamine groups is 1. The largest absolute Gasteiger partial charge is 0.385 e. The molecule has 3 rings (SSSR count). The van der Waals surface area contributed by atoms with Crippen LogP contribution in [0.5, 0.6) is 0 Å². The molecule has 0 radical (unpaired) electrons. The number of aromatic nitrogens is 2. The van der Waals surface area contributed by atoms with Crippen LogP contribution in [0, 0.1) is 0 Å². The van der Waals surface area contributed by atoms with Gasteiger partial charge in [0.25, 0.3) is 0 Å². The van der Waals surface area contributed by atoms with E-state index in [1.807, 2.05) is 17.0 Å². The summed E-state index contributed by atoms with van der Waals surface area (Å²) < 4.78 is 0. The van der Waals surface area contributed by atoms with Crippen LogP contribution in [0.4, 0.5) is 5.95 Å². The zero-order valence-electron chi connectivity index (χ0n) is 18.7. The maximum atomic E-state index is 12.4. The van der Waals surface area contributed by atoms with Gasteiger partial charge in [-0.1, -0.05) is 43.0 Å². The molecule has 1 aromatic heterocycles. The van der Waals surface area contributed by atoms with Gasteiger partial charge in [0.15, 0.2) is 5.78 Å². The molecule has 1 aromatic carbocycles. The summed E-state index contributed by atoms with van der Waals surface area (Å²) in [6, 6.07) is 7.31. The van der Waals surface area contributed by atoms with Crippen LogP contribution in [0.25, 0.3) is 0 Å². The third-order valence-electron chi connectivity index (χ3n) is 6.15. The lowest BCUT2D eigenvalue weighted by molar-refractivity contribution is -0.129. The number of unbranched alkanes of at least 4 members (excludes halogenated alkanes) is 4. The maximum absolute atomic E-state index is 12.4. The Balaban J connectivity index is 1.40. The first-order valence-corrected chi connectivity index (χ1v) is 11.8. The van der Waals surface area contributed by atoms with Crippen molar-refractivity contribution >= 4 is 29.2 Å². The third-order valence-corrected chi connectivity index (χ3v) is 6.40. The van der Waals surface area contributed by atoms with Crippen LogP contribution in [0.2, 0.25) is 5.02 Å². The van der Waals surface area contributed by atoms with Crippen molar-refractivity contribution in [2.45, 2.75) is 63.4 Å². The lowest BCUT2D eigenvalue weighted by atomic mass is 9.84. The monoisotopic (exact) mass is 474 g/mol. The second-order valence-electron chi connectivity index (χ2n) is 8.52. The molecule has 0 unspecified atom stereocenters. The Morgan fingerprint density at radius 2 is 1.55 bits per heavy atom. The molecule has 2 aromatic rings. The Hall–Kier alpha value is -2.55. The predicted octanol–water partition coefficient (Wildman–Crippen LogP) is 4.04. The van der Waals surface area contributed by atoms with E-state index >= 15 is 0 Å². The molecule has 33 heavy (non-hydrogen) atoms.